The molecule has 3 aliphatic rings. The number of rotatable bonds is 2. The van der Waals surface area contributed by atoms with Crippen molar-refractivity contribution in [1.29, 1.82) is 0 Å². The summed E-state index contributed by atoms with van der Waals surface area (Å²) >= 11 is 0. The second-order valence-corrected chi connectivity index (χ2v) is 8.96. The maximum absolute atomic E-state index is 10.7. The fourth-order valence-corrected chi connectivity index (χ4v) is 6.28. The van der Waals surface area contributed by atoms with Crippen molar-refractivity contribution in [2.24, 2.45) is 0 Å². The predicted molar refractivity (Wildman–Crippen MR) is 132 cm³/mol. The third-order valence-electron chi connectivity index (χ3n) is 7.51. The number of hydrogen-bond donors (Lipinski definition) is 0. The Balaban J connectivity index is 1.64. The van der Waals surface area contributed by atoms with Gasteiger partial charge in [0.2, 0.25) is 0 Å². The van der Waals surface area contributed by atoms with Crippen molar-refractivity contribution in [2.75, 3.05) is 0 Å². The molecule has 2 bridgehead atoms. The van der Waals surface area contributed by atoms with Gasteiger partial charge in [0, 0.05) is 5.92 Å². The van der Waals surface area contributed by atoms with E-state index in [0.717, 1.165) is 10.9 Å². The van der Waals surface area contributed by atoms with Gasteiger partial charge in [0.15, 0.2) is 0 Å². The predicted octanol–water partition coefficient (Wildman–Crippen LogP) is 6.70. The summed E-state index contributed by atoms with van der Waals surface area (Å²) in [5.41, 5.74) is 19.1. The quantitative estimate of drug-likeness (QED) is 0.173. The number of benzene rings is 5. The summed E-state index contributed by atoms with van der Waals surface area (Å²) in [6.45, 7) is 0. The second kappa shape index (κ2) is 6.62. The third kappa shape index (κ3) is 2.23. The fraction of sp³-hybridized carbons (Fsp3) is 0.0645. The van der Waals surface area contributed by atoms with Crippen LogP contribution in [0.3, 0.4) is 0 Å². The molecule has 0 radical (unpaired) electrons. The SMILES string of the molecule is [N-]=[N+]=C(c1ccc2ccccc2c1)C12c3ccccc3C(c3ccccc31)c1ccccc12. The molecule has 0 N–H and O–H groups in total. The van der Waals surface area contributed by atoms with Crippen LogP contribution in [-0.2, 0) is 5.41 Å². The molecule has 0 unspecified atom stereocenters. The van der Waals surface area contributed by atoms with Crippen molar-refractivity contribution < 1.29 is 4.79 Å². The molecular weight excluding hydrogens is 400 g/mol. The fourth-order valence-electron chi connectivity index (χ4n) is 6.28. The Morgan fingerprint density at radius 1 is 0.576 bits per heavy atom. The molecule has 5 aromatic carbocycles. The van der Waals surface area contributed by atoms with Gasteiger partial charge in [-0.15, -0.1) is 0 Å². The molecule has 0 amide bonds. The van der Waals surface area contributed by atoms with Crippen LogP contribution in [0.25, 0.3) is 16.3 Å². The minimum Gasteiger partial charge on any atom is -0.361 e. The van der Waals surface area contributed by atoms with Crippen molar-refractivity contribution in [1.82, 2.24) is 0 Å². The van der Waals surface area contributed by atoms with Gasteiger partial charge in [-0.25, -0.2) is 0 Å². The average Bonchev–Trinajstić information content (AvgIpc) is 2.89. The Bertz CT molecular complexity index is 1520. The Morgan fingerprint density at radius 3 is 1.61 bits per heavy atom. The maximum atomic E-state index is 10.7. The zero-order valence-electron chi connectivity index (χ0n) is 17.9. The lowest BCUT2D eigenvalue weighted by Gasteiger charge is -2.48. The zero-order valence-corrected chi connectivity index (χ0v) is 17.9. The van der Waals surface area contributed by atoms with Gasteiger partial charge in [0.1, 0.15) is 5.41 Å². The highest BCUT2D eigenvalue weighted by molar-refractivity contribution is 6.13. The maximum Gasteiger partial charge on any atom is 0.318 e. The van der Waals surface area contributed by atoms with Gasteiger partial charge in [-0.3, -0.25) is 0 Å². The van der Waals surface area contributed by atoms with E-state index in [4.69, 9.17) is 0 Å². The van der Waals surface area contributed by atoms with Gasteiger partial charge < -0.3 is 5.53 Å². The molecule has 0 fully saturated rings. The van der Waals surface area contributed by atoms with Crippen LogP contribution in [0, 0.1) is 0 Å². The van der Waals surface area contributed by atoms with E-state index in [1.54, 1.807) is 0 Å². The molecule has 154 valence electrons. The number of hydrogen-bond acceptors (Lipinski definition) is 0. The van der Waals surface area contributed by atoms with Gasteiger partial charge >= 0.3 is 5.71 Å². The summed E-state index contributed by atoms with van der Waals surface area (Å²) in [6, 6.07) is 40.6. The topological polar surface area (TPSA) is 36.4 Å². The molecule has 2 heteroatoms. The lowest BCUT2D eigenvalue weighted by molar-refractivity contribution is -0.0108. The van der Waals surface area contributed by atoms with Crippen LogP contribution in [0.4, 0.5) is 0 Å². The largest absolute Gasteiger partial charge is 0.361 e. The molecular formula is C31H20N2. The molecule has 0 spiro atoms. The molecule has 8 rings (SSSR count). The summed E-state index contributed by atoms with van der Waals surface area (Å²) in [4.78, 5) is 4.07. The Morgan fingerprint density at radius 2 is 1.06 bits per heavy atom. The first-order valence-corrected chi connectivity index (χ1v) is 11.3. The van der Waals surface area contributed by atoms with Crippen LogP contribution in [-0.4, -0.2) is 10.5 Å². The van der Waals surface area contributed by atoms with Crippen molar-refractivity contribution in [3.8, 4) is 0 Å². The molecule has 0 saturated heterocycles. The first-order chi connectivity index (χ1) is 16.3. The molecule has 0 aliphatic heterocycles. The van der Waals surface area contributed by atoms with Crippen LogP contribution in [0.1, 0.15) is 44.9 Å². The van der Waals surface area contributed by atoms with Crippen LogP contribution in [0.5, 0.6) is 0 Å². The standard InChI is InChI=1S/C31H20N2/c32-33-30(22-18-17-20-9-1-2-10-21(20)19-22)31-26-14-6-3-11-23(26)29(24-12-4-7-15-27(24)31)25-13-5-8-16-28(25)31/h1-19,29H. The van der Waals surface area contributed by atoms with Crippen molar-refractivity contribution in [3.63, 3.8) is 0 Å². The first kappa shape index (κ1) is 18.3. The summed E-state index contributed by atoms with van der Waals surface area (Å²) in [5, 5.41) is 2.30. The van der Waals surface area contributed by atoms with Crippen molar-refractivity contribution in [2.45, 2.75) is 11.3 Å². The Labute approximate surface area is 192 Å². The first-order valence-electron chi connectivity index (χ1n) is 11.3. The smallest absolute Gasteiger partial charge is 0.318 e. The molecule has 0 aromatic heterocycles. The van der Waals surface area contributed by atoms with E-state index in [1.165, 1.54) is 38.8 Å². The molecule has 0 atom stereocenters. The van der Waals surface area contributed by atoms with Gasteiger partial charge in [-0.1, -0.05) is 103 Å². The van der Waals surface area contributed by atoms with Crippen LogP contribution >= 0.6 is 0 Å². The van der Waals surface area contributed by atoms with Crippen LogP contribution in [0.2, 0.25) is 0 Å². The Hall–Kier alpha value is -4.26. The van der Waals surface area contributed by atoms with Gasteiger partial charge in [-0.2, -0.15) is 4.79 Å². The molecule has 0 saturated carbocycles. The average molecular weight is 421 g/mol. The monoisotopic (exact) mass is 420 g/mol. The highest BCUT2D eigenvalue weighted by Crippen LogP contribution is 2.59. The summed E-state index contributed by atoms with van der Waals surface area (Å²) in [7, 11) is 0. The van der Waals surface area contributed by atoms with E-state index in [2.05, 4.69) is 108 Å². The highest BCUT2D eigenvalue weighted by Gasteiger charge is 2.58. The molecule has 5 aromatic rings. The van der Waals surface area contributed by atoms with E-state index in [-0.39, 0.29) is 5.92 Å². The minimum absolute atomic E-state index is 0.187. The molecule has 0 heterocycles. The van der Waals surface area contributed by atoms with Crippen molar-refractivity contribution in [3.05, 3.63) is 160 Å². The second-order valence-electron chi connectivity index (χ2n) is 8.96. The van der Waals surface area contributed by atoms with E-state index in [1.807, 2.05) is 12.1 Å². The highest BCUT2D eigenvalue weighted by atomic mass is 14.9. The molecule has 33 heavy (non-hydrogen) atoms. The number of nitrogens with zero attached hydrogens (tertiary/aromatic N) is 2. The summed E-state index contributed by atoms with van der Waals surface area (Å²) in [6.07, 6.45) is 0. The lowest BCUT2D eigenvalue weighted by atomic mass is 9.51. The molecule has 3 aliphatic carbocycles. The van der Waals surface area contributed by atoms with E-state index >= 15 is 0 Å². The van der Waals surface area contributed by atoms with Crippen LogP contribution < -0.4 is 0 Å². The van der Waals surface area contributed by atoms with Gasteiger partial charge in [-0.05, 0) is 56.3 Å². The summed E-state index contributed by atoms with van der Waals surface area (Å²) in [5.74, 6) is 0.187. The van der Waals surface area contributed by atoms with Gasteiger partial charge in [0.05, 0.1) is 5.56 Å². The lowest BCUT2D eigenvalue weighted by Crippen LogP contribution is -2.48. The van der Waals surface area contributed by atoms with Crippen molar-refractivity contribution >= 4 is 16.5 Å². The third-order valence-corrected chi connectivity index (χ3v) is 7.51. The van der Waals surface area contributed by atoms with E-state index in [0.29, 0.717) is 5.71 Å². The number of fused-ring (bicyclic) bond motifs is 1. The van der Waals surface area contributed by atoms with E-state index in [9.17, 15) is 5.53 Å². The van der Waals surface area contributed by atoms with E-state index < -0.39 is 5.41 Å². The Kier molecular flexibility index (Phi) is 3.68. The zero-order chi connectivity index (χ0) is 22.0. The van der Waals surface area contributed by atoms with Crippen LogP contribution in [0.15, 0.2) is 115 Å². The van der Waals surface area contributed by atoms with Gasteiger partial charge in [0.25, 0.3) is 0 Å². The normalized spacial score (nSPS) is 19.3. The minimum atomic E-state index is -0.685. The summed E-state index contributed by atoms with van der Waals surface area (Å²) < 4.78 is 0. The molecule has 2 nitrogen and oxygen atoms in total.